The second kappa shape index (κ2) is 7.96. The number of hydrogen-bond acceptors (Lipinski definition) is 5. The molecule has 0 unspecified atom stereocenters. The maximum absolute atomic E-state index is 12.6. The third-order valence-corrected chi connectivity index (χ3v) is 5.72. The van der Waals surface area contributed by atoms with Gasteiger partial charge in [0.25, 0.3) is 5.69 Å². The van der Waals surface area contributed by atoms with Gasteiger partial charge in [0.2, 0.25) is 5.91 Å². The van der Waals surface area contributed by atoms with Crippen molar-refractivity contribution >= 4 is 17.4 Å². The number of carbonyl (C=O) groups excluding carboxylic acids is 1. The Labute approximate surface area is 164 Å². The van der Waals surface area contributed by atoms with E-state index in [1.165, 1.54) is 6.07 Å². The van der Waals surface area contributed by atoms with Gasteiger partial charge in [-0.25, -0.2) is 4.98 Å². The molecule has 28 heavy (non-hydrogen) atoms. The van der Waals surface area contributed by atoms with Crippen LogP contribution in [-0.2, 0) is 4.79 Å². The maximum Gasteiger partial charge on any atom is 0.295 e. The van der Waals surface area contributed by atoms with E-state index in [-0.39, 0.29) is 11.6 Å². The maximum atomic E-state index is 12.6. The lowest BCUT2D eigenvalue weighted by Gasteiger charge is -2.36. The molecule has 2 aromatic rings. The van der Waals surface area contributed by atoms with Crippen LogP contribution in [-0.4, -0.2) is 46.9 Å². The summed E-state index contributed by atoms with van der Waals surface area (Å²) in [6.45, 7) is 2.73. The lowest BCUT2D eigenvalue weighted by atomic mass is 10.1. The molecule has 1 amide bonds. The van der Waals surface area contributed by atoms with Crippen LogP contribution in [0.1, 0.15) is 25.7 Å². The molecule has 0 N–H and O–H groups in total. The van der Waals surface area contributed by atoms with Crippen molar-refractivity contribution in [1.29, 1.82) is 0 Å². The Bertz CT molecular complexity index is 857. The van der Waals surface area contributed by atoms with Crippen molar-refractivity contribution in [3.63, 3.8) is 0 Å². The minimum atomic E-state index is -0.392. The first kappa shape index (κ1) is 18.4. The van der Waals surface area contributed by atoms with Crippen molar-refractivity contribution in [1.82, 2.24) is 9.88 Å². The van der Waals surface area contributed by atoms with Crippen molar-refractivity contribution in [3.05, 3.63) is 52.6 Å². The van der Waals surface area contributed by atoms with Crippen LogP contribution in [0, 0.1) is 16.0 Å². The van der Waals surface area contributed by atoms with E-state index in [9.17, 15) is 14.9 Å². The molecule has 0 spiro atoms. The first-order chi connectivity index (χ1) is 13.6. The van der Waals surface area contributed by atoms with Gasteiger partial charge in [0.05, 0.1) is 4.92 Å². The Morgan fingerprint density at radius 2 is 1.68 bits per heavy atom. The summed E-state index contributed by atoms with van der Waals surface area (Å²) >= 11 is 0. The SMILES string of the molecule is O=C(C1CCCC1)N1CCN(c2ccc([N+](=O)[O-])c(-c3ccccc3)n2)CC1. The summed E-state index contributed by atoms with van der Waals surface area (Å²) in [6.07, 6.45) is 4.35. The number of piperazine rings is 1. The molecule has 0 bridgehead atoms. The van der Waals surface area contributed by atoms with Crippen LogP contribution in [0.3, 0.4) is 0 Å². The van der Waals surface area contributed by atoms with Crippen LogP contribution in [0.5, 0.6) is 0 Å². The molecule has 146 valence electrons. The zero-order valence-corrected chi connectivity index (χ0v) is 15.8. The first-order valence-corrected chi connectivity index (χ1v) is 9.88. The fourth-order valence-corrected chi connectivity index (χ4v) is 4.16. The molecule has 1 saturated heterocycles. The molecule has 0 atom stereocenters. The average molecular weight is 380 g/mol. The van der Waals surface area contributed by atoms with E-state index in [1.807, 2.05) is 35.2 Å². The third-order valence-electron chi connectivity index (χ3n) is 5.72. The molecular weight excluding hydrogens is 356 g/mol. The summed E-state index contributed by atoms with van der Waals surface area (Å²) in [5.74, 6) is 1.21. The van der Waals surface area contributed by atoms with Crippen LogP contribution in [0.4, 0.5) is 11.5 Å². The molecule has 2 fully saturated rings. The van der Waals surface area contributed by atoms with Crippen molar-refractivity contribution in [3.8, 4) is 11.3 Å². The van der Waals surface area contributed by atoms with Gasteiger partial charge in [0.15, 0.2) is 5.69 Å². The summed E-state index contributed by atoms with van der Waals surface area (Å²) in [5.41, 5.74) is 1.11. The summed E-state index contributed by atoms with van der Waals surface area (Å²) < 4.78 is 0. The smallest absolute Gasteiger partial charge is 0.295 e. The third kappa shape index (κ3) is 3.69. The quantitative estimate of drug-likeness (QED) is 0.599. The fraction of sp³-hybridized carbons (Fsp3) is 0.429. The van der Waals surface area contributed by atoms with Crippen LogP contribution in [0.25, 0.3) is 11.3 Å². The monoisotopic (exact) mass is 380 g/mol. The second-order valence-corrected chi connectivity index (χ2v) is 7.45. The number of nitrogens with zero attached hydrogens (tertiary/aromatic N) is 4. The molecule has 1 aliphatic heterocycles. The van der Waals surface area contributed by atoms with E-state index in [0.717, 1.165) is 37.1 Å². The lowest BCUT2D eigenvalue weighted by molar-refractivity contribution is -0.384. The molecule has 1 saturated carbocycles. The van der Waals surface area contributed by atoms with Gasteiger partial charge >= 0.3 is 0 Å². The van der Waals surface area contributed by atoms with E-state index in [4.69, 9.17) is 0 Å². The van der Waals surface area contributed by atoms with Crippen LogP contribution in [0.2, 0.25) is 0 Å². The number of hydrogen-bond donors (Lipinski definition) is 0. The Balaban J connectivity index is 1.51. The van der Waals surface area contributed by atoms with E-state index in [1.54, 1.807) is 6.07 Å². The molecule has 4 rings (SSSR count). The molecule has 1 aromatic heterocycles. The number of carbonyl (C=O) groups is 1. The number of rotatable bonds is 4. The Morgan fingerprint density at radius 3 is 2.32 bits per heavy atom. The van der Waals surface area contributed by atoms with Crippen molar-refractivity contribution in [2.45, 2.75) is 25.7 Å². The van der Waals surface area contributed by atoms with E-state index < -0.39 is 4.92 Å². The number of anilines is 1. The van der Waals surface area contributed by atoms with E-state index >= 15 is 0 Å². The molecule has 7 heteroatoms. The lowest BCUT2D eigenvalue weighted by Crippen LogP contribution is -2.50. The highest BCUT2D eigenvalue weighted by Crippen LogP contribution is 2.31. The van der Waals surface area contributed by atoms with Gasteiger partial charge in [-0.2, -0.15) is 0 Å². The van der Waals surface area contributed by atoms with Gasteiger partial charge in [-0.05, 0) is 18.9 Å². The Kier molecular flexibility index (Phi) is 5.23. The zero-order chi connectivity index (χ0) is 19.5. The number of benzene rings is 1. The Hall–Kier alpha value is -2.96. The standard InChI is InChI=1S/C21H24N4O3/c26-21(17-8-4-5-9-17)24-14-12-23(13-15-24)19-11-10-18(25(27)28)20(22-19)16-6-2-1-3-7-16/h1-3,6-7,10-11,17H,4-5,8-9,12-15H2. The number of nitro groups is 1. The van der Waals surface area contributed by atoms with Crippen molar-refractivity contribution < 1.29 is 9.72 Å². The highest BCUT2D eigenvalue weighted by Gasteiger charge is 2.30. The average Bonchev–Trinajstić information content (AvgIpc) is 3.28. The highest BCUT2D eigenvalue weighted by atomic mass is 16.6. The predicted molar refractivity (Wildman–Crippen MR) is 107 cm³/mol. The predicted octanol–water partition coefficient (Wildman–Crippen LogP) is 3.50. The molecule has 1 aromatic carbocycles. The summed E-state index contributed by atoms with van der Waals surface area (Å²) in [5, 5.41) is 11.4. The van der Waals surface area contributed by atoms with E-state index in [2.05, 4.69) is 9.88 Å². The van der Waals surface area contributed by atoms with Crippen molar-refractivity contribution in [2.75, 3.05) is 31.1 Å². The molecular formula is C21H24N4O3. The van der Waals surface area contributed by atoms with Crippen molar-refractivity contribution in [2.24, 2.45) is 5.92 Å². The van der Waals surface area contributed by atoms with Gasteiger partial charge in [0, 0.05) is 43.7 Å². The van der Waals surface area contributed by atoms with Gasteiger partial charge in [-0.15, -0.1) is 0 Å². The van der Waals surface area contributed by atoms with Gasteiger partial charge in [-0.3, -0.25) is 14.9 Å². The van der Waals surface area contributed by atoms with Gasteiger partial charge < -0.3 is 9.80 Å². The number of amides is 1. The van der Waals surface area contributed by atoms with Crippen LogP contribution in [0.15, 0.2) is 42.5 Å². The molecule has 0 radical (unpaired) electrons. The zero-order valence-electron chi connectivity index (χ0n) is 15.8. The van der Waals surface area contributed by atoms with Crippen LogP contribution >= 0.6 is 0 Å². The molecule has 1 aliphatic carbocycles. The molecule has 2 heterocycles. The van der Waals surface area contributed by atoms with Crippen LogP contribution < -0.4 is 4.90 Å². The van der Waals surface area contributed by atoms with E-state index in [0.29, 0.717) is 37.8 Å². The summed E-state index contributed by atoms with van der Waals surface area (Å²) in [7, 11) is 0. The van der Waals surface area contributed by atoms with Gasteiger partial charge in [-0.1, -0.05) is 43.2 Å². The first-order valence-electron chi connectivity index (χ1n) is 9.88. The van der Waals surface area contributed by atoms with Gasteiger partial charge in [0.1, 0.15) is 5.82 Å². The largest absolute Gasteiger partial charge is 0.353 e. The summed E-state index contributed by atoms with van der Waals surface area (Å²) in [4.78, 5) is 32.4. The topological polar surface area (TPSA) is 79.6 Å². The number of pyridine rings is 1. The Morgan fingerprint density at radius 1 is 1.00 bits per heavy atom. The second-order valence-electron chi connectivity index (χ2n) is 7.45. The normalized spacial score (nSPS) is 17.7. The summed E-state index contributed by atoms with van der Waals surface area (Å²) in [6, 6.07) is 12.5. The minimum Gasteiger partial charge on any atom is -0.353 e. The molecule has 2 aliphatic rings. The fourth-order valence-electron chi connectivity index (χ4n) is 4.16. The minimum absolute atomic E-state index is 0.00463. The molecule has 7 nitrogen and oxygen atoms in total. The number of aromatic nitrogens is 1. The highest BCUT2D eigenvalue weighted by molar-refractivity contribution is 5.79.